The van der Waals surface area contributed by atoms with Crippen molar-refractivity contribution < 1.29 is 13.9 Å². The fourth-order valence-corrected chi connectivity index (χ4v) is 3.66. The van der Waals surface area contributed by atoms with Gasteiger partial charge in [-0.25, -0.2) is 9.18 Å². The normalized spacial score (nSPS) is 15.4. The summed E-state index contributed by atoms with van der Waals surface area (Å²) < 4.78 is 19.8. The van der Waals surface area contributed by atoms with Gasteiger partial charge in [-0.15, -0.1) is 0 Å². The minimum Gasteiger partial charge on any atom is -0.471 e. The molecule has 1 fully saturated rings. The number of amides is 2. The Labute approximate surface area is 160 Å². The van der Waals surface area contributed by atoms with Crippen LogP contribution in [0.5, 0.6) is 5.88 Å². The molecule has 142 valence electrons. The van der Waals surface area contributed by atoms with Gasteiger partial charge in [0, 0.05) is 29.8 Å². The molecule has 2 amide bonds. The molecule has 0 saturated carbocycles. The Bertz CT molecular complexity index is 1080. The van der Waals surface area contributed by atoms with E-state index in [2.05, 4.69) is 15.2 Å². The Balaban J connectivity index is 1.38. The van der Waals surface area contributed by atoms with Crippen molar-refractivity contribution in [1.29, 1.82) is 0 Å². The maximum Gasteiger partial charge on any atom is 0.326 e. The molecule has 8 heteroatoms. The summed E-state index contributed by atoms with van der Waals surface area (Å²) in [5.74, 6) is 0.721. The molecule has 1 saturated heterocycles. The molecule has 7 nitrogen and oxygen atoms in total. The molecule has 2 aliphatic rings. The second-order valence-corrected chi connectivity index (χ2v) is 7.02. The molecular formula is C20H18FN5O2. The number of carbonyl (C=O) groups excluding carboxylic acids is 1. The summed E-state index contributed by atoms with van der Waals surface area (Å²) in [6.45, 7) is 3.52. The second-order valence-electron chi connectivity index (χ2n) is 7.02. The molecule has 4 heterocycles. The second kappa shape index (κ2) is 6.33. The molecule has 0 aliphatic carbocycles. The van der Waals surface area contributed by atoms with Crippen LogP contribution in [0.4, 0.5) is 15.0 Å². The largest absolute Gasteiger partial charge is 0.471 e. The summed E-state index contributed by atoms with van der Waals surface area (Å²) >= 11 is 0. The number of hydrogen-bond donors (Lipinski definition) is 1. The first-order valence-electron chi connectivity index (χ1n) is 9.08. The number of H-pyrrole nitrogens is 1. The van der Waals surface area contributed by atoms with Crippen LogP contribution in [0.25, 0.3) is 11.1 Å². The predicted molar refractivity (Wildman–Crippen MR) is 100 cm³/mol. The van der Waals surface area contributed by atoms with Crippen molar-refractivity contribution in [3.63, 3.8) is 0 Å². The van der Waals surface area contributed by atoms with Crippen LogP contribution in [0.15, 0.2) is 36.5 Å². The monoisotopic (exact) mass is 379 g/mol. The lowest BCUT2D eigenvalue weighted by molar-refractivity contribution is 0.218. The number of aryl methyl sites for hydroxylation is 1. The maximum absolute atomic E-state index is 14.1. The van der Waals surface area contributed by atoms with Crippen LogP contribution >= 0.6 is 0 Å². The average molecular weight is 379 g/mol. The number of benzene rings is 1. The Morgan fingerprint density at radius 1 is 1.21 bits per heavy atom. The zero-order chi connectivity index (χ0) is 19.3. The van der Waals surface area contributed by atoms with E-state index in [9.17, 15) is 9.18 Å². The van der Waals surface area contributed by atoms with Crippen LogP contribution < -0.4 is 9.64 Å². The lowest BCUT2D eigenvalue weighted by atomic mass is 10.1. The van der Waals surface area contributed by atoms with E-state index < -0.39 is 0 Å². The van der Waals surface area contributed by atoms with E-state index in [0.717, 1.165) is 22.4 Å². The Morgan fingerprint density at radius 3 is 3.00 bits per heavy atom. The first kappa shape index (κ1) is 16.7. The number of aromatic amines is 1. The fraction of sp³-hybridized carbons (Fsp3) is 0.250. The number of halogens is 1. The van der Waals surface area contributed by atoms with Crippen LogP contribution in [0.3, 0.4) is 0 Å². The Kier molecular flexibility index (Phi) is 3.78. The first-order valence-corrected chi connectivity index (χ1v) is 9.08. The van der Waals surface area contributed by atoms with Gasteiger partial charge in [-0.2, -0.15) is 10.1 Å². The summed E-state index contributed by atoms with van der Waals surface area (Å²) in [7, 11) is 0. The number of aromatic nitrogens is 3. The standard InChI is InChI=1S/C20H18FN5O2/c1-12-2-4-16(21)13(8-12)10-25-6-7-26(20(25)27)18-5-3-14-15-9-22-24-17(15)11-28-19(14)23-18/h2-5,8-9H,6-7,10-11H2,1H3,(H,22,24). The van der Waals surface area contributed by atoms with Gasteiger partial charge < -0.3 is 9.64 Å². The lowest BCUT2D eigenvalue weighted by Crippen LogP contribution is -2.32. The highest BCUT2D eigenvalue weighted by molar-refractivity contribution is 5.93. The van der Waals surface area contributed by atoms with E-state index in [1.54, 1.807) is 34.2 Å². The van der Waals surface area contributed by atoms with E-state index in [0.29, 0.717) is 37.0 Å². The van der Waals surface area contributed by atoms with Gasteiger partial charge in [-0.05, 0) is 25.1 Å². The van der Waals surface area contributed by atoms with Crippen molar-refractivity contribution in [2.24, 2.45) is 0 Å². The zero-order valence-corrected chi connectivity index (χ0v) is 15.3. The third-order valence-corrected chi connectivity index (χ3v) is 5.14. The SMILES string of the molecule is Cc1ccc(F)c(CN2CCN(c3ccc4c(n3)OCc3[nH]ncc3-4)C2=O)c1. The van der Waals surface area contributed by atoms with Crippen molar-refractivity contribution in [2.45, 2.75) is 20.1 Å². The van der Waals surface area contributed by atoms with Crippen molar-refractivity contribution in [2.75, 3.05) is 18.0 Å². The maximum atomic E-state index is 14.1. The van der Waals surface area contributed by atoms with Gasteiger partial charge in [0.2, 0.25) is 5.88 Å². The molecule has 0 bridgehead atoms. The van der Waals surface area contributed by atoms with Crippen molar-refractivity contribution in [1.82, 2.24) is 20.1 Å². The van der Waals surface area contributed by atoms with Gasteiger partial charge in [-0.3, -0.25) is 10.00 Å². The molecule has 0 radical (unpaired) electrons. The first-order chi connectivity index (χ1) is 13.6. The van der Waals surface area contributed by atoms with E-state index in [-0.39, 0.29) is 18.4 Å². The Hall–Kier alpha value is -3.42. The van der Waals surface area contributed by atoms with E-state index in [1.165, 1.54) is 6.07 Å². The van der Waals surface area contributed by atoms with E-state index >= 15 is 0 Å². The van der Waals surface area contributed by atoms with Gasteiger partial charge in [0.1, 0.15) is 18.2 Å². The van der Waals surface area contributed by atoms with Gasteiger partial charge in [0.25, 0.3) is 0 Å². The summed E-state index contributed by atoms with van der Waals surface area (Å²) in [4.78, 5) is 20.6. The molecule has 28 heavy (non-hydrogen) atoms. The van der Waals surface area contributed by atoms with Gasteiger partial charge >= 0.3 is 6.03 Å². The van der Waals surface area contributed by atoms with Gasteiger partial charge in [0.05, 0.1) is 18.4 Å². The summed E-state index contributed by atoms with van der Waals surface area (Å²) in [5.41, 5.74) is 4.20. The number of rotatable bonds is 3. The number of urea groups is 1. The molecule has 2 aromatic heterocycles. The molecule has 1 aromatic carbocycles. The predicted octanol–water partition coefficient (Wildman–Crippen LogP) is 3.25. The van der Waals surface area contributed by atoms with Gasteiger partial charge in [-0.1, -0.05) is 17.7 Å². The number of carbonyl (C=O) groups is 1. The topological polar surface area (TPSA) is 74.3 Å². The average Bonchev–Trinajstić information content (AvgIpc) is 3.31. The summed E-state index contributed by atoms with van der Waals surface area (Å²) in [6, 6.07) is 8.45. The van der Waals surface area contributed by atoms with Crippen LogP contribution in [0.2, 0.25) is 0 Å². The summed E-state index contributed by atoms with van der Waals surface area (Å²) in [5, 5.41) is 6.95. The number of fused-ring (bicyclic) bond motifs is 3. The molecule has 2 aliphatic heterocycles. The third-order valence-electron chi connectivity index (χ3n) is 5.14. The van der Waals surface area contributed by atoms with Crippen LogP contribution in [0.1, 0.15) is 16.8 Å². The molecule has 3 aromatic rings. The van der Waals surface area contributed by atoms with Gasteiger partial charge in [0.15, 0.2) is 0 Å². The smallest absolute Gasteiger partial charge is 0.326 e. The highest BCUT2D eigenvalue weighted by Gasteiger charge is 2.32. The van der Waals surface area contributed by atoms with Crippen molar-refractivity contribution >= 4 is 11.8 Å². The van der Waals surface area contributed by atoms with E-state index in [1.807, 2.05) is 13.0 Å². The quantitative estimate of drug-likeness (QED) is 0.758. The number of ether oxygens (including phenoxy) is 1. The van der Waals surface area contributed by atoms with Crippen LogP contribution in [-0.2, 0) is 13.2 Å². The molecule has 0 atom stereocenters. The third kappa shape index (κ3) is 2.69. The fourth-order valence-electron chi connectivity index (χ4n) is 3.66. The minimum absolute atomic E-state index is 0.187. The highest BCUT2D eigenvalue weighted by atomic mass is 19.1. The van der Waals surface area contributed by atoms with Crippen molar-refractivity contribution in [3.05, 3.63) is 59.2 Å². The number of anilines is 1. The minimum atomic E-state index is -0.298. The number of nitrogens with one attached hydrogen (secondary N) is 1. The zero-order valence-electron chi connectivity index (χ0n) is 15.3. The number of hydrogen-bond acceptors (Lipinski definition) is 4. The highest BCUT2D eigenvalue weighted by Crippen LogP contribution is 2.36. The summed E-state index contributed by atoms with van der Waals surface area (Å²) in [6.07, 6.45) is 1.75. The number of pyridine rings is 1. The van der Waals surface area contributed by atoms with Crippen molar-refractivity contribution in [3.8, 4) is 17.0 Å². The lowest BCUT2D eigenvalue weighted by Gasteiger charge is -2.21. The van der Waals surface area contributed by atoms with E-state index in [4.69, 9.17) is 4.74 Å². The number of nitrogens with zero attached hydrogens (tertiary/aromatic N) is 4. The molecule has 5 rings (SSSR count). The molecule has 0 spiro atoms. The van der Waals surface area contributed by atoms with Crippen LogP contribution in [-0.4, -0.2) is 39.2 Å². The molecule has 1 N–H and O–H groups in total. The molecule has 0 unspecified atom stereocenters. The Morgan fingerprint density at radius 2 is 2.11 bits per heavy atom. The van der Waals surface area contributed by atoms with Crippen LogP contribution in [0, 0.1) is 12.7 Å². The molecular weight excluding hydrogens is 361 g/mol.